The van der Waals surface area contributed by atoms with Crippen molar-refractivity contribution in [2.24, 2.45) is 11.1 Å². The fourth-order valence-corrected chi connectivity index (χ4v) is 3.05. The molecule has 0 fully saturated rings. The van der Waals surface area contributed by atoms with Gasteiger partial charge in [0, 0.05) is 18.3 Å². The number of rotatable bonds is 3. The van der Waals surface area contributed by atoms with E-state index >= 15 is 0 Å². The van der Waals surface area contributed by atoms with Crippen LogP contribution in [0.3, 0.4) is 0 Å². The summed E-state index contributed by atoms with van der Waals surface area (Å²) < 4.78 is 1.25. The van der Waals surface area contributed by atoms with E-state index < -0.39 is 6.04 Å². The van der Waals surface area contributed by atoms with Crippen LogP contribution in [0.25, 0.3) is 10.1 Å². The van der Waals surface area contributed by atoms with Crippen molar-refractivity contribution < 1.29 is 4.79 Å². The molecule has 1 amide bonds. The lowest BCUT2D eigenvalue weighted by molar-refractivity contribution is -0.134. The van der Waals surface area contributed by atoms with E-state index in [1.54, 1.807) is 16.2 Å². The summed E-state index contributed by atoms with van der Waals surface area (Å²) in [5, 5.41) is 3.35. The molecule has 3 nitrogen and oxygen atoms in total. The van der Waals surface area contributed by atoms with Crippen molar-refractivity contribution in [1.29, 1.82) is 0 Å². The highest BCUT2D eigenvalue weighted by molar-refractivity contribution is 7.17. The molecular formula is C16H23ClN2OS. The van der Waals surface area contributed by atoms with Crippen LogP contribution in [0.2, 0.25) is 0 Å². The number of hydrogen-bond acceptors (Lipinski definition) is 3. The molecule has 0 bridgehead atoms. The quantitative estimate of drug-likeness (QED) is 0.935. The van der Waals surface area contributed by atoms with Crippen LogP contribution in [0, 0.1) is 5.41 Å². The smallest absolute Gasteiger partial charge is 0.240 e. The molecule has 1 aromatic carbocycles. The average molecular weight is 327 g/mol. The van der Waals surface area contributed by atoms with Crippen LogP contribution in [-0.2, 0) is 11.3 Å². The van der Waals surface area contributed by atoms with Gasteiger partial charge in [-0.3, -0.25) is 4.79 Å². The number of halogens is 1. The van der Waals surface area contributed by atoms with E-state index in [-0.39, 0.29) is 23.7 Å². The SMILES string of the molecule is CN(Cc1csc2ccccc12)C(=O)[C@@H](N)C(C)(C)C.Cl. The van der Waals surface area contributed by atoms with Crippen LogP contribution in [0.5, 0.6) is 0 Å². The lowest BCUT2D eigenvalue weighted by atomic mass is 9.86. The Morgan fingerprint density at radius 2 is 1.95 bits per heavy atom. The van der Waals surface area contributed by atoms with E-state index in [4.69, 9.17) is 5.73 Å². The zero-order chi connectivity index (χ0) is 14.9. The van der Waals surface area contributed by atoms with Crippen LogP contribution >= 0.6 is 23.7 Å². The van der Waals surface area contributed by atoms with E-state index in [0.29, 0.717) is 6.54 Å². The summed E-state index contributed by atoms with van der Waals surface area (Å²) in [6.45, 7) is 6.57. The van der Waals surface area contributed by atoms with Gasteiger partial charge in [-0.15, -0.1) is 23.7 Å². The number of fused-ring (bicyclic) bond motifs is 1. The lowest BCUT2D eigenvalue weighted by Crippen LogP contribution is -2.48. The van der Waals surface area contributed by atoms with Crippen molar-refractivity contribution in [2.45, 2.75) is 33.4 Å². The number of carbonyl (C=O) groups is 1. The molecule has 2 N–H and O–H groups in total. The van der Waals surface area contributed by atoms with E-state index in [0.717, 1.165) is 0 Å². The molecule has 0 saturated heterocycles. The van der Waals surface area contributed by atoms with E-state index in [1.807, 2.05) is 40.0 Å². The second-order valence-corrected chi connectivity index (χ2v) is 7.21. The fourth-order valence-electron chi connectivity index (χ4n) is 2.10. The molecule has 0 aliphatic heterocycles. The average Bonchev–Trinajstić information content (AvgIpc) is 2.79. The first-order chi connectivity index (χ1) is 9.30. The summed E-state index contributed by atoms with van der Waals surface area (Å²) >= 11 is 1.71. The van der Waals surface area contributed by atoms with Crippen molar-refractivity contribution in [2.75, 3.05) is 7.05 Å². The topological polar surface area (TPSA) is 46.3 Å². The van der Waals surface area contributed by atoms with Gasteiger partial charge in [-0.2, -0.15) is 0 Å². The Bertz CT molecular complexity index is 618. The van der Waals surface area contributed by atoms with Crippen LogP contribution in [-0.4, -0.2) is 23.9 Å². The van der Waals surface area contributed by atoms with Gasteiger partial charge in [-0.1, -0.05) is 39.0 Å². The summed E-state index contributed by atoms with van der Waals surface area (Å²) in [7, 11) is 1.82. The van der Waals surface area contributed by atoms with Gasteiger partial charge in [0.1, 0.15) is 0 Å². The fraction of sp³-hybridized carbons (Fsp3) is 0.438. The first kappa shape index (κ1) is 18.0. The predicted molar refractivity (Wildman–Crippen MR) is 93.0 cm³/mol. The maximum atomic E-state index is 12.4. The van der Waals surface area contributed by atoms with Crippen molar-refractivity contribution in [3.8, 4) is 0 Å². The highest BCUT2D eigenvalue weighted by Gasteiger charge is 2.29. The van der Waals surface area contributed by atoms with Gasteiger partial charge in [0.25, 0.3) is 0 Å². The highest BCUT2D eigenvalue weighted by atomic mass is 35.5. The Labute approximate surface area is 136 Å². The van der Waals surface area contributed by atoms with Crippen LogP contribution in [0.15, 0.2) is 29.6 Å². The maximum absolute atomic E-state index is 12.4. The normalized spacial score (nSPS) is 12.8. The molecule has 0 saturated carbocycles. The minimum atomic E-state index is -0.475. The van der Waals surface area contributed by atoms with Gasteiger partial charge >= 0.3 is 0 Å². The summed E-state index contributed by atoms with van der Waals surface area (Å²) in [6, 6.07) is 7.79. The molecular weight excluding hydrogens is 304 g/mol. The van der Waals surface area contributed by atoms with E-state index in [1.165, 1.54) is 15.6 Å². The summed E-state index contributed by atoms with van der Waals surface area (Å²) in [4.78, 5) is 14.1. The van der Waals surface area contributed by atoms with Crippen LogP contribution < -0.4 is 5.73 Å². The second-order valence-electron chi connectivity index (χ2n) is 6.30. The lowest BCUT2D eigenvalue weighted by Gasteiger charge is -2.30. The molecule has 2 rings (SSSR count). The molecule has 0 aliphatic carbocycles. The van der Waals surface area contributed by atoms with E-state index in [2.05, 4.69) is 17.5 Å². The zero-order valence-electron chi connectivity index (χ0n) is 12.9. The van der Waals surface area contributed by atoms with Gasteiger partial charge < -0.3 is 10.6 Å². The summed E-state index contributed by atoms with van der Waals surface area (Å²) in [6.07, 6.45) is 0. The second kappa shape index (κ2) is 6.77. The molecule has 2 aromatic rings. The number of benzene rings is 1. The number of likely N-dealkylation sites (N-methyl/N-ethyl adjacent to an activating group) is 1. The van der Waals surface area contributed by atoms with E-state index in [9.17, 15) is 4.79 Å². The number of hydrogen-bond donors (Lipinski definition) is 1. The molecule has 0 radical (unpaired) electrons. The molecule has 0 spiro atoms. The van der Waals surface area contributed by atoms with Gasteiger partial charge in [-0.05, 0) is 27.8 Å². The largest absolute Gasteiger partial charge is 0.340 e. The number of carbonyl (C=O) groups excluding carboxylic acids is 1. The molecule has 0 unspecified atom stereocenters. The Morgan fingerprint density at radius 3 is 2.57 bits per heavy atom. The summed E-state index contributed by atoms with van der Waals surface area (Å²) in [5.74, 6) is -0.00668. The Morgan fingerprint density at radius 1 is 1.33 bits per heavy atom. The monoisotopic (exact) mass is 326 g/mol. The van der Waals surface area contributed by atoms with Crippen LogP contribution in [0.4, 0.5) is 0 Å². The van der Waals surface area contributed by atoms with Gasteiger partial charge in [0.2, 0.25) is 5.91 Å². The first-order valence-electron chi connectivity index (χ1n) is 6.76. The van der Waals surface area contributed by atoms with Gasteiger partial charge in [0.05, 0.1) is 6.04 Å². The Balaban J connectivity index is 0.00000220. The van der Waals surface area contributed by atoms with Gasteiger partial charge in [0.15, 0.2) is 0 Å². The number of nitrogens with two attached hydrogens (primary N) is 1. The molecule has 1 aromatic heterocycles. The first-order valence-corrected chi connectivity index (χ1v) is 7.64. The minimum absolute atomic E-state index is 0. The van der Waals surface area contributed by atoms with Gasteiger partial charge in [-0.25, -0.2) is 0 Å². The molecule has 1 heterocycles. The number of amides is 1. The Hall–Kier alpha value is -1.10. The molecule has 0 aliphatic rings. The third-order valence-electron chi connectivity index (χ3n) is 3.54. The third kappa shape index (κ3) is 3.96. The standard InChI is InChI=1S/C16H22N2OS.ClH/c1-16(2,3)14(17)15(19)18(4)9-11-10-20-13-8-6-5-7-12(11)13;/h5-8,10,14H,9,17H2,1-4H3;1H/t14-;/m1./s1. The van der Waals surface area contributed by atoms with Crippen molar-refractivity contribution in [3.05, 3.63) is 35.2 Å². The molecule has 21 heavy (non-hydrogen) atoms. The maximum Gasteiger partial charge on any atom is 0.240 e. The third-order valence-corrected chi connectivity index (χ3v) is 4.56. The highest BCUT2D eigenvalue weighted by Crippen LogP contribution is 2.27. The predicted octanol–water partition coefficient (Wildman–Crippen LogP) is 3.65. The summed E-state index contributed by atoms with van der Waals surface area (Å²) in [5.41, 5.74) is 7.01. The molecule has 1 atom stereocenters. The van der Waals surface area contributed by atoms with Crippen LogP contribution in [0.1, 0.15) is 26.3 Å². The number of nitrogens with zero attached hydrogens (tertiary/aromatic N) is 1. The van der Waals surface area contributed by atoms with Crippen molar-refractivity contribution in [3.63, 3.8) is 0 Å². The number of thiophene rings is 1. The zero-order valence-corrected chi connectivity index (χ0v) is 14.6. The van der Waals surface area contributed by atoms with Crippen molar-refractivity contribution >= 4 is 39.7 Å². The Kier molecular flexibility index (Phi) is 5.79. The van der Waals surface area contributed by atoms with Crippen molar-refractivity contribution in [1.82, 2.24) is 4.90 Å². The molecule has 116 valence electrons. The molecule has 5 heteroatoms. The minimum Gasteiger partial charge on any atom is -0.340 e.